The van der Waals surface area contributed by atoms with Crippen molar-refractivity contribution in [1.29, 1.82) is 0 Å². The molecule has 164 valence electrons. The van der Waals surface area contributed by atoms with Gasteiger partial charge in [0.05, 0.1) is 13.1 Å². The van der Waals surface area contributed by atoms with Gasteiger partial charge < -0.3 is 24.4 Å². The lowest BCUT2D eigenvalue weighted by atomic mass is 10.1. The summed E-state index contributed by atoms with van der Waals surface area (Å²) in [5.74, 6) is 2.00. The van der Waals surface area contributed by atoms with Crippen LogP contribution < -0.4 is 19.5 Å². The molecule has 2 amide bonds. The molecular weight excluding hydrogens is 398 g/mol. The van der Waals surface area contributed by atoms with Gasteiger partial charge in [-0.1, -0.05) is 12.1 Å². The Bertz CT molecular complexity index is 941. The van der Waals surface area contributed by atoms with Crippen LogP contribution in [0.3, 0.4) is 0 Å². The largest absolute Gasteiger partial charge is 0.492 e. The van der Waals surface area contributed by atoms with Crippen molar-refractivity contribution < 1.29 is 23.8 Å². The van der Waals surface area contributed by atoms with Gasteiger partial charge in [0.1, 0.15) is 12.4 Å². The van der Waals surface area contributed by atoms with Crippen LogP contribution in [-0.2, 0) is 4.79 Å². The second kappa shape index (κ2) is 9.70. The van der Waals surface area contributed by atoms with Crippen molar-refractivity contribution >= 4 is 11.8 Å². The molecular formula is C23H27N3O5. The van der Waals surface area contributed by atoms with Crippen molar-refractivity contribution in [1.82, 2.24) is 15.1 Å². The number of amides is 2. The zero-order valence-corrected chi connectivity index (χ0v) is 17.6. The lowest BCUT2D eigenvalue weighted by Gasteiger charge is -2.34. The van der Waals surface area contributed by atoms with Crippen LogP contribution in [0.1, 0.15) is 15.9 Å². The van der Waals surface area contributed by atoms with E-state index in [0.717, 1.165) is 11.3 Å². The van der Waals surface area contributed by atoms with Crippen molar-refractivity contribution in [3.05, 3.63) is 53.6 Å². The third kappa shape index (κ3) is 5.46. The first kappa shape index (κ1) is 21.0. The number of carbonyl (C=O) groups excluding carboxylic acids is 2. The molecule has 0 atom stereocenters. The Kier molecular flexibility index (Phi) is 6.57. The van der Waals surface area contributed by atoms with E-state index in [1.807, 2.05) is 36.1 Å². The highest BCUT2D eigenvalue weighted by molar-refractivity contribution is 5.95. The number of fused-ring (bicyclic) bond motifs is 1. The smallest absolute Gasteiger partial charge is 0.254 e. The van der Waals surface area contributed by atoms with E-state index in [2.05, 4.69) is 10.2 Å². The maximum Gasteiger partial charge on any atom is 0.254 e. The topological polar surface area (TPSA) is 80.3 Å². The van der Waals surface area contributed by atoms with Gasteiger partial charge >= 0.3 is 0 Å². The van der Waals surface area contributed by atoms with E-state index >= 15 is 0 Å². The minimum Gasteiger partial charge on any atom is -0.492 e. The Labute approximate surface area is 181 Å². The number of ether oxygens (including phenoxy) is 3. The lowest BCUT2D eigenvalue weighted by molar-refractivity contribution is -0.122. The first-order valence-corrected chi connectivity index (χ1v) is 10.5. The number of benzene rings is 2. The summed E-state index contributed by atoms with van der Waals surface area (Å²) >= 11 is 0. The third-order valence-electron chi connectivity index (χ3n) is 5.33. The minimum atomic E-state index is -0.0385. The van der Waals surface area contributed by atoms with Crippen LogP contribution in [-0.4, -0.2) is 74.3 Å². The Morgan fingerprint density at radius 3 is 2.65 bits per heavy atom. The molecule has 1 N–H and O–H groups in total. The molecule has 0 spiro atoms. The molecule has 2 heterocycles. The van der Waals surface area contributed by atoms with Gasteiger partial charge in [0.2, 0.25) is 12.7 Å². The summed E-state index contributed by atoms with van der Waals surface area (Å²) in [7, 11) is 0. The molecule has 8 nitrogen and oxygen atoms in total. The van der Waals surface area contributed by atoms with Crippen LogP contribution in [0.25, 0.3) is 0 Å². The highest BCUT2D eigenvalue weighted by atomic mass is 16.7. The number of carbonyl (C=O) groups is 2. The van der Waals surface area contributed by atoms with E-state index < -0.39 is 0 Å². The minimum absolute atomic E-state index is 0.0318. The molecule has 0 unspecified atom stereocenters. The zero-order chi connectivity index (χ0) is 21.6. The van der Waals surface area contributed by atoms with E-state index in [4.69, 9.17) is 14.2 Å². The molecule has 0 radical (unpaired) electrons. The molecule has 8 heteroatoms. The van der Waals surface area contributed by atoms with Crippen molar-refractivity contribution in [2.45, 2.75) is 6.92 Å². The number of aryl methyl sites for hydroxylation is 1. The predicted octanol–water partition coefficient (Wildman–Crippen LogP) is 1.68. The molecule has 0 aliphatic carbocycles. The average Bonchev–Trinajstić information content (AvgIpc) is 3.25. The lowest BCUT2D eigenvalue weighted by Crippen LogP contribution is -2.51. The van der Waals surface area contributed by atoms with E-state index in [1.54, 1.807) is 18.2 Å². The maximum absolute atomic E-state index is 12.8. The molecule has 2 aromatic rings. The summed E-state index contributed by atoms with van der Waals surface area (Å²) in [5, 5.41) is 2.89. The van der Waals surface area contributed by atoms with Gasteiger partial charge in [0.15, 0.2) is 11.5 Å². The van der Waals surface area contributed by atoms with Gasteiger partial charge in [-0.25, -0.2) is 0 Å². The standard InChI is InChI=1S/C23H27N3O5/c1-17-3-2-4-19(13-17)29-12-7-24-22(27)15-25-8-10-26(11-9-25)23(28)18-5-6-20-21(14-18)31-16-30-20/h2-6,13-14H,7-12,15-16H2,1H3,(H,24,27). The third-order valence-corrected chi connectivity index (χ3v) is 5.33. The van der Waals surface area contributed by atoms with Gasteiger partial charge in [-0.15, -0.1) is 0 Å². The fourth-order valence-electron chi connectivity index (χ4n) is 3.64. The monoisotopic (exact) mass is 425 g/mol. The van der Waals surface area contributed by atoms with Gasteiger partial charge in [-0.05, 0) is 42.8 Å². The summed E-state index contributed by atoms with van der Waals surface area (Å²) in [6.45, 7) is 5.86. The van der Waals surface area contributed by atoms with E-state index in [9.17, 15) is 9.59 Å². The Morgan fingerprint density at radius 2 is 1.84 bits per heavy atom. The number of nitrogens with zero attached hydrogens (tertiary/aromatic N) is 2. The van der Waals surface area contributed by atoms with Crippen molar-refractivity contribution in [2.24, 2.45) is 0 Å². The van der Waals surface area contributed by atoms with Crippen molar-refractivity contribution in [3.8, 4) is 17.2 Å². The molecule has 0 saturated carbocycles. The van der Waals surface area contributed by atoms with Crippen LogP contribution in [0.15, 0.2) is 42.5 Å². The summed E-state index contributed by atoms with van der Waals surface area (Å²) in [5.41, 5.74) is 1.72. The molecule has 0 bridgehead atoms. The second-order valence-electron chi connectivity index (χ2n) is 7.65. The van der Waals surface area contributed by atoms with Crippen LogP contribution in [0.2, 0.25) is 0 Å². The fourth-order valence-corrected chi connectivity index (χ4v) is 3.64. The highest BCUT2D eigenvalue weighted by Gasteiger charge is 2.24. The fraction of sp³-hybridized carbons (Fsp3) is 0.391. The van der Waals surface area contributed by atoms with Crippen LogP contribution >= 0.6 is 0 Å². The van der Waals surface area contributed by atoms with Crippen LogP contribution in [0.5, 0.6) is 17.2 Å². The Morgan fingerprint density at radius 1 is 1.03 bits per heavy atom. The first-order chi connectivity index (χ1) is 15.1. The quantitative estimate of drug-likeness (QED) is 0.680. The molecule has 2 aliphatic heterocycles. The molecule has 1 saturated heterocycles. The maximum atomic E-state index is 12.8. The number of hydrogen-bond acceptors (Lipinski definition) is 6. The van der Waals surface area contributed by atoms with Gasteiger partial charge in [-0.2, -0.15) is 0 Å². The summed E-state index contributed by atoms with van der Waals surface area (Å²) < 4.78 is 16.3. The Hall–Kier alpha value is -3.26. The average molecular weight is 425 g/mol. The van der Waals surface area contributed by atoms with E-state index in [-0.39, 0.29) is 18.6 Å². The summed E-state index contributed by atoms with van der Waals surface area (Å²) in [6.07, 6.45) is 0. The SMILES string of the molecule is Cc1cccc(OCCNC(=O)CN2CCN(C(=O)c3ccc4c(c3)OCO4)CC2)c1. The van der Waals surface area contributed by atoms with E-state index in [0.29, 0.717) is 62.9 Å². The normalized spacial score (nSPS) is 15.6. The Balaban J connectivity index is 1.16. The molecule has 2 aromatic carbocycles. The van der Waals surface area contributed by atoms with Gasteiger partial charge in [-0.3, -0.25) is 14.5 Å². The number of nitrogens with one attached hydrogen (secondary N) is 1. The van der Waals surface area contributed by atoms with Gasteiger partial charge in [0, 0.05) is 31.7 Å². The van der Waals surface area contributed by atoms with Gasteiger partial charge in [0.25, 0.3) is 5.91 Å². The molecule has 2 aliphatic rings. The molecule has 4 rings (SSSR count). The number of piperazine rings is 1. The second-order valence-corrected chi connectivity index (χ2v) is 7.65. The van der Waals surface area contributed by atoms with Crippen molar-refractivity contribution in [2.75, 3.05) is 52.7 Å². The number of hydrogen-bond donors (Lipinski definition) is 1. The zero-order valence-electron chi connectivity index (χ0n) is 17.6. The first-order valence-electron chi connectivity index (χ1n) is 10.5. The van der Waals surface area contributed by atoms with Crippen LogP contribution in [0.4, 0.5) is 0 Å². The highest BCUT2D eigenvalue weighted by Crippen LogP contribution is 2.32. The molecule has 1 fully saturated rings. The summed E-state index contributed by atoms with van der Waals surface area (Å²) in [4.78, 5) is 28.8. The van der Waals surface area contributed by atoms with Crippen LogP contribution in [0, 0.1) is 6.92 Å². The van der Waals surface area contributed by atoms with Crippen molar-refractivity contribution in [3.63, 3.8) is 0 Å². The van der Waals surface area contributed by atoms with E-state index in [1.165, 1.54) is 0 Å². The number of rotatable bonds is 7. The molecule has 0 aromatic heterocycles. The molecule has 31 heavy (non-hydrogen) atoms. The summed E-state index contributed by atoms with van der Waals surface area (Å²) in [6, 6.07) is 13.1. The predicted molar refractivity (Wildman–Crippen MR) is 115 cm³/mol.